The summed E-state index contributed by atoms with van der Waals surface area (Å²) in [5.74, 6) is 0.244. The van der Waals surface area contributed by atoms with Gasteiger partial charge in [0.1, 0.15) is 17.4 Å². The number of aliphatic hydroxyl groups excluding tert-OH is 1. The Hall–Kier alpha value is -2.58. The molecule has 0 aliphatic carbocycles. The predicted molar refractivity (Wildman–Crippen MR) is 104 cm³/mol. The zero-order chi connectivity index (χ0) is 20.4. The molecule has 2 unspecified atom stereocenters. The number of β-amino-alcohol motifs (C(OH)–C–C–N with tert-alkyl or cyclic N) is 1. The molecule has 1 fully saturated rings. The first-order chi connectivity index (χ1) is 13.3. The normalized spacial score (nSPS) is 19.0. The van der Waals surface area contributed by atoms with Gasteiger partial charge < -0.3 is 24.7 Å². The van der Waals surface area contributed by atoms with E-state index in [2.05, 4.69) is 10.5 Å². The first kappa shape index (κ1) is 20.2. The van der Waals surface area contributed by atoms with Crippen LogP contribution in [-0.2, 0) is 11.3 Å². The molecular formula is C19H23ClN4O4. The minimum absolute atomic E-state index is 0.0837. The fourth-order valence-corrected chi connectivity index (χ4v) is 3.43. The number of benzene rings is 1. The van der Waals surface area contributed by atoms with Crippen molar-refractivity contribution in [2.45, 2.75) is 39.0 Å². The van der Waals surface area contributed by atoms with Crippen LogP contribution in [0.15, 0.2) is 28.8 Å². The summed E-state index contributed by atoms with van der Waals surface area (Å²) in [5.41, 5.74) is 1.95. The Kier molecular flexibility index (Phi) is 5.90. The number of aryl methyl sites for hydroxylation is 2. The van der Waals surface area contributed by atoms with Crippen LogP contribution in [0.2, 0.25) is 5.02 Å². The van der Waals surface area contributed by atoms with Gasteiger partial charge in [0.15, 0.2) is 5.76 Å². The van der Waals surface area contributed by atoms with Crippen LogP contribution in [-0.4, -0.2) is 57.7 Å². The van der Waals surface area contributed by atoms with E-state index in [1.54, 1.807) is 37.9 Å². The van der Waals surface area contributed by atoms with E-state index in [0.717, 1.165) is 5.56 Å². The van der Waals surface area contributed by atoms with Crippen LogP contribution in [0, 0.1) is 13.8 Å². The van der Waals surface area contributed by atoms with Crippen molar-refractivity contribution < 1.29 is 19.2 Å². The third-order valence-corrected chi connectivity index (χ3v) is 5.05. The number of amides is 3. The van der Waals surface area contributed by atoms with E-state index < -0.39 is 18.2 Å². The SMILES string of the molecule is Cc1noc(C)c1NC(=O)N1CC(O)CC1C(=O)N(C)Cc1ccc(Cl)cc1. The highest BCUT2D eigenvalue weighted by molar-refractivity contribution is 6.30. The average Bonchev–Trinajstić information content (AvgIpc) is 3.20. The molecule has 1 saturated heterocycles. The number of likely N-dealkylation sites (tertiary alicyclic amines) is 1. The Bertz CT molecular complexity index is 848. The highest BCUT2D eigenvalue weighted by Crippen LogP contribution is 2.24. The quantitative estimate of drug-likeness (QED) is 0.813. The number of aliphatic hydroxyl groups is 1. The standard InChI is InChI=1S/C19H23ClN4O4/c1-11-17(12(2)28-22-11)21-19(27)24-10-15(25)8-16(24)18(26)23(3)9-13-4-6-14(20)7-5-13/h4-7,15-16,25H,8-10H2,1-3H3,(H,21,27). The second-order valence-electron chi connectivity index (χ2n) is 7.01. The first-order valence-electron chi connectivity index (χ1n) is 8.94. The molecule has 8 nitrogen and oxygen atoms in total. The number of anilines is 1. The Labute approximate surface area is 168 Å². The lowest BCUT2D eigenvalue weighted by atomic mass is 10.1. The van der Waals surface area contributed by atoms with E-state index in [1.165, 1.54) is 4.90 Å². The van der Waals surface area contributed by atoms with Crippen molar-refractivity contribution in [2.24, 2.45) is 0 Å². The van der Waals surface area contributed by atoms with Crippen molar-refractivity contribution in [2.75, 3.05) is 18.9 Å². The molecule has 3 amide bonds. The van der Waals surface area contributed by atoms with Crippen LogP contribution < -0.4 is 5.32 Å². The second kappa shape index (κ2) is 8.20. The Balaban J connectivity index is 1.70. The minimum atomic E-state index is -0.756. The van der Waals surface area contributed by atoms with Gasteiger partial charge in [0.25, 0.3) is 0 Å². The van der Waals surface area contributed by atoms with Gasteiger partial charge in [0.2, 0.25) is 5.91 Å². The zero-order valence-electron chi connectivity index (χ0n) is 16.0. The maximum atomic E-state index is 12.9. The van der Waals surface area contributed by atoms with E-state index in [1.807, 2.05) is 12.1 Å². The molecule has 28 heavy (non-hydrogen) atoms. The molecule has 0 bridgehead atoms. The monoisotopic (exact) mass is 406 g/mol. The first-order valence-corrected chi connectivity index (χ1v) is 9.32. The molecule has 150 valence electrons. The van der Waals surface area contributed by atoms with E-state index in [4.69, 9.17) is 16.1 Å². The number of nitrogens with one attached hydrogen (secondary N) is 1. The van der Waals surface area contributed by atoms with Crippen LogP contribution in [0.4, 0.5) is 10.5 Å². The summed E-state index contributed by atoms with van der Waals surface area (Å²) < 4.78 is 5.05. The van der Waals surface area contributed by atoms with Crippen LogP contribution in [0.25, 0.3) is 0 Å². The number of likely N-dealkylation sites (N-methyl/N-ethyl adjacent to an activating group) is 1. The molecule has 2 atom stereocenters. The van der Waals surface area contributed by atoms with Crippen molar-refractivity contribution in [3.05, 3.63) is 46.3 Å². The number of urea groups is 1. The van der Waals surface area contributed by atoms with Gasteiger partial charge in [0, 0.05) is 31.6 Å². The largest absolute Gasteiger partial charge is 0.391 e. The number of halogens is 1. The number of carbonyl (C=O) groups excluding carboxylic acids is 2. The average molecular weight is 407 g/mol. The third-order valence-electron chi connectivity index (χ3n) is 4.80. The molecule has 1 aliphatic heterocycles. The Morgan fingerprint density at radius 3 is 2.64 bits per heavy atom. The lowest BCUT2D eigenvalue weighted by molar-refractivity contribution is -0.134. The zero-order valence-corrected chi connectivity index (χ0v) is 16.7. The van der Waals surface area contributed by atoms with Crippen molar-refractivity contribution in [3.63, 3.8) is 0 Å². The van der Waals surface area contributed by atoms with E-state index in [9.17, 15) is 14.7 Å². The molecule has 3 rings (SSSR count). The number of nitrogens with zero attached hydrogens (tertiary/aromatic N) is 3. The number of carbonyl (C=O) groups is 2. The molecule has 9 heteroatoms. The third kappa shape index (κ3) is 4.28. The highest BCUT2D eigenvalue weighted by Gasteiger charge is 2.40. The van der Waals surface area contributed by atoms with Gasteiger partial charge in [-0.3, -0.25) is 4.79 Å². The molecule has 2 N–H and O–H groups in total. The number of rotatable bonds is 4. The lowest BCUT2D eigenvalue weighted by Crippen LogP contribution is -2.47. The van der Waals surface area contributed by atoms with E-state index in [0.29, 0.717) is 28.7 Å². The van der Waals surface area contributed by atoms with Crippen LogP contribution in [0.5, 0.6) is 0 Å². The topological polar surface area (TPSA) is 98.9 Å². The van der Waals surface area contributed by atoms with Gasteiger partial charge in [-0.1, -0.05) is 28.9 Å². The maximum Gasteiger partial charge on any atom is 0.322 e. The van der Waals surface area contributed by atoms with Gasteiger partial charge in [-0.05, 0) is 31.5 Å². The molecule has 0 saturated carbocycles. The summed E-state index contributed by atoms with van der Waals surface area (Å²) in [4.78, 5) is 28.6. The van der Waals surface area contributed by atoms with Gasteiger partial charge in [-0.2, -0.15) is 0 Å². The van der Waals surface area contributed by atoms with Crippen LogP contribution in [0.1, 0.15) is 23.4 Å². The minimum Gasteiger partial charge on any atom is -0.391 e. The number of aromatic nitrogens is 1. The van der Waals surface area contributed by atoms with Crippen molar-refractivity contribution in [1.82, 2.24) is 15.0 Å². The molecular weight excluding hydrogens is 384 g/mol. The van der Waals surface area contributed by atoms with Gasteiger partial charge in [-0.25, -0.2) is 4.79 Å². The Morgan fingerprint density at radius 1 is 1.36 bits per heavy atom. The van der Waals surface area contributed by atoms with Crippen molar-refractivity contribution >= 4 is 29.2 Å². The number of hydrogen-bond donors (Lipinski definition) is 2. The summed E-state index contributed by atoms with van der Waals surface area (Å²) in [6.07, 6.45) is -0.563. The summed E-state index contributed by atoms with van der Waals surface area (Å²) >= 11 is 5.89. The molecule has 0 radical (unpaired) electrons. The van der Waals surface area contributed by atoms with Crippen molar-refractivity contribution in [3.8, 4) is 0 Å². The lowest BCUT2D eigenvalue weighted by Gasteiger charge is -2.28. The molecule has 2 heterocycles. The molecule has 0 spiro atoms. The number of hydrogen-bond acceptors (Lipinski definition) is 5. The molecule has 1 aromatic heterocycles. The smallest absolute Gasteiger partial charge is 0.322 e. The maximum absolute atomic E-state index is 12.9. The van der Waals surface area contributed by atoms with Gasteiger partial charge in [-0.15, -0.1) is 0 Å². The summed E-state index contributed by atoms with van der Waals surface area (Å²) in [5, 5.41) is 17.2. The predicted octanol–water partition coefficient (Wildman–Crippen LogP) is 2.57. The summed E-state index contributed by atoms with van der Waals surface area (Å²) in [6.45, 7) is 3.87. The van der Waals surface area contributed by atoms with Crippen LogP contribution in [0.3, 0.4) is 0 Å². The highest BCUT2D eigenvalue weighted by atomic mass is 35.5. The van der Waals surface area contributed by atoms with E-state index >= 15 is 0 Å². The van der Waals surface area contributed by atoms with Gasteiger partial charge >= 0.3 is 6.03 Å². The van der Waals surface area contributed by atoms with E-state index in [-0.39, 0.29) is 18.9 Å². The van der Waals surface area contributed by atoms with Crippen molar-refractivity contribution in [1.29, 1.82) is 0 Å². The fraction of sp³-hybridized carbons (Fsp3) is 0.421. The van der Waals surface area contributed by atoms with Gasteiger partial charge in [0.05, 0.1) is 6.10 Å². The summed E-state index contributed by atoms with van der Waals surface area (Å²) in [6, 6.07) is 6.00. The molecule has 1 aliphatic rings. The fourth-order valence-electron chi connectivity index (χ4n) is 3.31. The summed E-state index contributed by atoms with van der Waals surface area (Å²) in [7, 11) is 1.67. The Morgan fingerprint density at radius 2 is 2.04 bits per heavy atom. The second-order valence-corrected chi connectivity index (χ2v) is 7.44. The van der Waals surface area contributed by atoms with Crippen LogP contribution >= 0.6 is 11.6 Å². The molecule has 2 aromatic rings. The molecule has 1 aromatic carbocycles.